The second-order valence-electron chi connectivity index (χ2n) is 17.3. The zero-order chi connectivity index (χ0) is 33.9. The van der Waals surface area contributed by atoms with Crippen molar-refractivity contribution in [1.29, 1.82) is 0 Å². The molecule has 0 unspecified atom stereocenters. The van der Waals surface area contributed by atoms with Gasteiger partial charge in [-0.1, -0.05) is 84.2 Å². The lowest BCUT2D eigenvalue weighted by Crippen LogP contribution is -2.54. The van der Waals surface area contributed by atoms with Crippen LogP contribution in [0.25, 0.3) is 0 Å². The summed E-state index contributed by atoms with van der Waals surface area (Å²) in [6, 6.07) is 15.9. The molecule has 4 heteroatoms. The van der Waals surface area contributed by atoms with Gasteiger partial charge in [0.05, 0.1) is 25.9 Å². The van der Waals surface area contributed by atoms with E-state index in [0.29, 0.717) is 41.9 Å². The van der Waals surface area contributed by atoms with Crippen LogP contribution < -0.4 is 4.74 Å². The first kappa shape index (κ1) is 35.5. The van der Waals surface area contributed by atoms with Crippen LogP contribution in [0.4, 0.5) is 0 Å². The maximum absolute atomic E-state index is 13.6. The summed E-state index contributed by atoms with van der Waals surface area (Å²) >= 11 is 0. The van der Waals surface area contributed by atoms with Gasteiger partial charge in [0.2, 0.25) is 0 Å². The maximum atomic E-state index is 13.6. The van der Waals surface area contributed by atoms with E-state index in [1.165, 1.54) is 64.2 Å². The first-order chi connectivity index (χ1) is 23.1. The third-order valence-electron chi connectivity index (χ3n) is 14.3. The molecule has 6 rings (SSSR count). The van der Waals surface area contributed by atoms with Crippen LogP contribution in [0.5, 0.6) is 5.75 Å². The fraction of sp³-hybridized carbons (Fsp3) is 0.705. The van der Waals surface area contributed by atoms with Crippen molar-refractivity contribution in [3.05, 3.63) is 65.2 Å². The zero-order valence-corrected chi connectivity index (χ0v) is 31.0. The van der Waals surface area contributed by atoms with Crippen molar-refractivity contribution >= 4 is 5.97 Å². The van der Waals surface area contributed by atoms with E-state index in [0.717, 1.165) is 65.2 Å². The van der Waals surface area contributed by atoms with Gasteiger partial charge >= 0.3 is 5.97 Å². The molecule has 0 bridgehead atoms. The quantitative estimate of drug-likeness (QED) is 0.159. The van der Waals surface area contributed by atoms with Crippen LogP contribution in [-0.2, 0) is 22.5 Å². The molecule has 2 aromatic carbocycles. The number of methoxy groups -OCH3 is 1. The minimum atomic E-state index is -0.156. The van der Waals surface area contributed by atoms with E-state index in [1.54, 1.807) is 7.11 Å². The maximum Gasteiger partial charge on any atom is 0.338 e. The summed E-state index contributed by atoms with van der Waals surface area (Å²) in [6.07, 6.45) is 16.6. The molecule has 0 saturated heterocycles. The van der Waals surface area contributed by atoms with E-state index in [-0.39, 0.29) is 12.1 Å². The van der Waals surface area contributed by atoms with E-state index in [2.05, 4.69) is 34.6 Å². The van der Waals surface area contributed by atoms with Crippen LogP contribution in [0.1, 0.15) is 133 Å². The summed E-state index contributed by atoms with van der Waals surface area (Å²) in [7, 11) is 1.68. The Morgan fingerprint density at radius 1 is 0.854 bits per heavy atom. The zero-order valence-electron chi connectivity index (χ0n) is 31.0. The first-order valence-electron chi connectivity index (χ1n) is 19.6. The number of benzene rings is 2. The van der Waals surface area contributed by atoms with E-state index in [9.17, 15) is 4.79 Å². The van der Waals surface area contributed by atoms with Gasteiger partial charge in [0.15, 0.2) is 0 Å². The summed E-state index contributed by atoms with van der Waals surface area (Å²) < 4.78 is 17.6. The van der Waals surface area contributed by atoms with E-state index >= 15 is 0 Å². The Hall–Kier alpha value is -2.33. The summed E-state index contributed by atoms with van der Waals surface area (Å²) in [5.74, 6) is 6.63. The van der Waals surface area contributed by atoms with Crippen molar-refractivity contribution in [1.82, 2.24) is 0 Å². The summed E-state index contributed by atoms with van der Waals surface area (Å²) in [4.78, 5) is 13.6. The van der Waals surface area contributed by atoms with Crippen molar-refractivity contribution in [2.45, 2.75) is 131 Å². The highest BCUT2D eigenvalue weighted by molar-refractivity contribution is 5.91. The van der Waals surface area contributed by atoms with Gasteiger partial charge in [-0.05, 0) is 146 Å². The molecule has 48 heavy (non-hydrogen) atoms. The molecule has 264 valence electrons. The highest BCUT2D eigenvalue weighted by Gasteiger charge is 2.60. The topological polar surface area (TPSA) is 44.8 Å². The number of hydrogen-bond donors (Lipinski definition) is 0. The van der Waals surface area contributed by atoms with Crippen molar-refractivity contribution in [3.8, 4) is 5.75 Å². The molecule has 0 radical (unpaired) electrons. The van der Waals surface area contributed by atoms with Gasteiger partial charge in [0.1, 0.15) is 11.9 Å². The number of hydrogen-bond acceptors (Lipinski definition) is 4. The Bertz CT molecular complexity index is 1350. The lowest BCUT2D eigenvalue weighted by Gasteiger charge is -2.61. The molecule has 0 heterocycles. The Labute approximate surface area is 292 Å². The minimum absolute atomic E-state index is 0.0305. The van der Waals surface area contributed by atoms with Crippen LogP contribution in [-0.4, -0.2) is 25.8 Å². The largest absolute Gasteiger partial charge is 0.497 e. The number of rotatable bonds is 13. The molecule has 0 aliphatic heterocycles. The van der Waals surface area contributed by atoms with E-state index in [4.69, 9.17) is 14.2 Å². The second-order valence-corrected chi connectivity index (χ2v) is 17.3. The number of ether oxygens (including phenoxy) is 3. The highest BCUT2D eigenvalue weighted by Crippen LogP contribution is 2.68. The molecule has 0 spiro atoms. The van der Waals surface area contributed by atoms with Gasteiger partial charge in [-0.2, -0.15) is 0 Å². The van der Waals surface area contributed by atoms with Gasteiger partial charge < -0.3 is 14.2 Å². The molecule has 9 atom stereocenters. The minimum Gasteiger partial charge on any atom is -0.497 e. The third-order valence-corrected chi connectivity index (χ3v) is 14.3. The number of carbonyl (C=O) groups is 1. The fourth-order valence-electron chi connectivity index (χ4n) is 11.6. The SMILES string of the molecule is COc1ccc(COCCc2ccccc2C(=O)O[C@H]2CC[C@@]3(C)[C@@H](CC[C@@H]4[C@@H]3CC[C@]3(C)[C@@H]([C@H](C)CCCC(C)C)CC[C@@H]43)C2)cc1. The molecular weight excluding hydrogens is 592 g/mol. The molecule has 2 aromatic rings. The second kappa shape index (κ2) is 15.3. The third kappa shape index (κ3) is 7.40. The van der Waals surface area contributed by atoms with Crippen LogP contribution in [0, 0.1) is 52.3 Å². The molecule has 0 aromatic heterocycles. The lowest BCUT2D eigenvalue weighted by molar-refractivity contribution is -0.130. The molecule has 4 saturated carbocycles. The average molecular weight is 657 g/mol. The smallest absolute Gasteiger partial charge is 0.338 e. The monoisotopic (exact) mass is 656 g/mol. The van der Waals surface area contributed by atoms with Gasteiger partial charge in [-0.3, -0.25) is 0 Å². The average Bonchev–Trinajstić information content (AvgIpc) is 3.44. The molecule has 4 nitrogen and oxygen atoms in total. The van der Waals surface area contributed by atoms with E-state index in [1.807, 2.05) is 48.5 Å². The highest BCUT2D eigenvalue weighted by atomic mass is 16.5. The van der Waals surface area contributed by atoms with Crippen LogP contribution in [0.3, 0.4) is 0 Å². The lowest BCUT2D eigenvalue weighted by atomic mass is 9.44. The van der Waals surface area contributed by atoms with Crippen LogP contribution in [0.15, 0.2) is 48.5 Å². The molecular formula is C44H64O4. The van der Waals surface area contributed by atoms with Crippen molar-refractivity contribution in [3.63, 3.8) is 0 Å². The Balaban J connectivity index is 1.02. The van der Waals surface area contributed by atoms with E-state index < -0.39 is 0 Å². The number of fused-ring (bicyclic) bond motifs is 5. The standard InChI is InChI=1S/C44H64O4/c1-30(2)10-9-11-31(3)39-20-21-40-38-19-16-34-28-36(22-25-43(34,4)41(38)23-26-44(39,40)5)48-42(45)37-13-8-7-12-33(37)24-27-47-29-32-14-17-35(46-6)18-15-32/h7-8,12-15,17-18,30-31,34,36,38-41H,9-11,16,19-29H2,1-6H3/t31-,34+,36+,38+,39-,40+,41+,43+,44-/m1/s1. The van der Waals surface area contributed by atoms with Crippen molar-refractivity contribution in [2.24, 2.45) is 52.3 Å². The van der Waals surface area contributed by atoms with Crippen LogP contribution >= 0.6 is 0 Å². The molecule has 4 aliphatic rings. The first-order valence-corrected chi connectivity index (χ1v) is 19.6. The fourth-order valence-corrected chi connectivity index (χ4v) is 11.6. The van der Waals surface area contributed by atoms with Crippen LogP contribution in [0.2, 0.25) is 0 Å². The number of carbonyl (C=O) groups excluding carboxylic acids is 1. The van der Waals surface area contributed by atoms with Gasteiger partial charge in [-0.25, -0.2) is 4.79 Å². The Morgan fingerprint density at radius 3 is 2.38 bits per heavy atom. The number of esters is 1. The molecule has 4 aliphatic carbocycles. The summed E-state index contributed by atoms with van der Waals surface area (Å²) in [6.45, 7) is 13.8. The predicted octanol–water partition coefficient (Wildman–Crippen LogP) is 11.1. The van der Waals surface area contributed by atoms with Gasteiger partial charge in [0.25, 0.3) is 0 Å². The molecule has 0 amide bonds. The van der Waals surface area contributed by atoms with Crippen molar-refractivity contribution in [2.75, 3.05) is 13.7 Å². The summed E-state index contributed by atoms with van der Waals surface area (Å²) in [5, 5.41) is 0. The molecule has 4 fully saturated rings. The van der Waals surface area contributed by atoms with Crippen molar-refractivity contribution < 1.29 is 19.0 Å². The Kier molecular flexibility index (Phi) is 11.3. The van der Waals surface area contributed by atoms with Gasteiger partial charge in [-0.15, -0.1) is 0 Å². The normalized spacial score (nSPS) is 33.4. The predicted molar refractivity (Wildman–Crippen MR) is 195 cm³/mol. The Morgan fingerprint density at radius 2 is 1.60 bits per heavy atom. The summed E-state index contributed by atoms with van der Waals surface area (Å²) in [5.41, 5.74) is 3.75. The van der Waals surface area contributed by atoms with Gasteiger partial charge in [0, 0.05) is 0 Å². The molecule has 0 N–H and O–H groups in total.